The third kappa shape index (κ3) is 3.57. The van der Waals surface area contributed by atoms with Gasteiger partial charge in [0, 0.05) is 30.7 Å². The van der Waals surface area contributed by atoms with Gasteiger partial charge in [0.25, 0.3) is 0 Å². The summed E-state index contributed by atoms with van der Waals surface area (Å²) in [4.78, 5) is 4.71. The van der Waals surface area contributed by atoms with Crippen LogP contribution in [0.4, 0.5) is 0 Å². The Morgan fingerprint density at radius 2 is 2.17 bits per heavy atom. The van der Waals surface area contributed by atoms with E-state index in [0.717, 1.165) is 36.9 Å². The van der Waals surface area contributed by atoms with Crippen LogP contribution in [-0.2, 0) is 10.0 Å². The molecule has 1 aromatic carbocycles. The molecule has 1 fully saturated rings. The number of nitrogens with zero attached hydrogens (tertiary/aromatic N) is 2. The smallest absolute Gasteiger partial charge is 0.245 e. The van der Waals surface area contributed by atoms with Crippen molar-refractivity contribution >= 4 is 33.3 Å². The van der Waals surface area contributed by atoms with E-state index in [4.69, 9.17) is 0 Å². The Hall–Kier alpha value is -1.21. The van der Waals surface area contributed by atoms with Gasteiger partial charge in [0.05, 0.1) is 5.52 Å². The highest BCUT2D eigenvalue weighted by Gasteiger charge is 2.33. The van der Waals surface area contributed by atoms with Gasteiger partial charge in [0.1, 0.15) is 4.90 Å². The molecule has 0 radical (unpaired) electrons. The lowest BCUT2D eigenvalue weighted by Crippen LogP contribution is -2.42. The van der Waals surface area contributed by atoms with E-state index in [9.17, 15) is 8.42 Å². The topological polar surface area (TPSA) is 62.3 Å². The van der Waals surface area contributed by atoms with Crippen molar-refractivity contribution in [1.29, 1.82) is 0 Å². The molecule has 1 aliphatic heterocycles. The lowest BCUT2D eigenvalue weighted by molar-refractivity contribution is 0.335. The summed E-state index contributed by atoms with van der Waals surface area (Å²) in [5.41, 5.74) is 1.59. The van der Waals surface area contributed by atoms with E-state index in [2.05, 4.69) is 10.3 Å². The minimum atomic E-state index is -3.56. The van der Waals surface area contributed by atoms with Crippen molar-refractivity contribution in [3.63, 3.8) is 0 Å². The molecule has 3 rings (SSSR count). The van der Waals surface area contributed by atoms with Crippen molar-refractivity contribution in [2.75, 3.05) is 19.6 Å². The number of hydrogen-bond acceptors (Lipinski definition) is 4. The molecule has 1 aromatic heterocycles. The van der Waals surface area contributed by atoms with Gasteiger partial charge in [-0.05, 0) is 44.0 Å². The summed E-state index contributed by atoms with van der Waals surface area (Å²) in [7, 11) is -3.56. The van der Waals surface area contributed by atoms with Gasteiger partial charge in [0.15, 0.2) is 0 Å². The number of rotatable bonds is 5. The van der Waals surface area contributed by atoms with Crippen LogP contribution in [0.15, 0.2) is 35.4 Å². The first-order valence-corrected chi connectivity index (χ1v) is 9.56. The fraction of sp³-hybridized carbons (Fsp3) is 0.471. The van der Waals surface area contributed by atoms with Crippen LogP contribution in [0.1, 0.15) is 25.3 Å². The lowest BCUT2D eigenvalue weighted by atomic mass is 10.2. The molecule has 1 atom stereocenters. The minimum absolute atomic E-state index is 0. The standard InChI is InChI=1S/C17H23N3O2S.ClH/c1-3-9-20(15-7-8-18-12-15)23(21,22)16-6-4-5-14-10-13(2)11-19-17(14)16;/h4-6,10-11,15,18H,3,7-9,12H2,1-2H3;1H. The predicted molar refractivity (Wildman–Crippen MR) is 99.2 cm³/mol. The first kappa shape index (κ1) is 19.1. The number of hydrogen-bond donors (Lipinski definition) is 1. The summed E-state index contributed by atoms with van der Waals surface area (Å²) in [6, 6.07) is 7.39. The summed E-state index contributed by atoms with van der Waals surface area (Å²) in [6.45, 7) is 6.09. The molecule has 2 aromatic rings. The van der Waals surface area contributed by atoms with E-state index >= 15 is 0 Å². The Balaban J connectivity index is 0.00000208. The summed E-state index contributed by atoms with van der Waals surface area (Å²) >= 11 is 0. The minimum Gasteiger partial charge on any atom is -0.315 e. The second-order valence-electron chi connectivity index (χ2n) is 6.10. The van der Waals surface area contributed by atoms with Crippen LogP contribution in [0.5, 0.6) is 0 Å². The van der Waals surface area contributed by atoms with Crippen molar-refractivity contribution in [3.8, 4) is 0 Å². The lowest BCUT2D eigenvalue weighted by Gasteiger charge is -2.27. The molecule has 7 heteroatoms. The van der Waals surface area contributed by atoms with Gasteiger partial charge < -0.3 is 5.32 Å². The predicted octanol–water partition coefficient (Wildman–Crippen LogP) is 2.73. The van der Waals surface area contributed by atoms with Crippen molar-refractivity contribution in [1.82, 2.24) is 14.6 Å². The third-order valence-electron chi connectivity index (χ3n) is 4.28. The molecule has 24 heavy (non-hydrogen) atoms. The number of aromatic nitrogens is 1. The highest BCUT2D eigenvalue weighted by atomic mass is 35.5. The van der Waals surface area contributed by atoms with Crippen molar-refractivity contribution in [2.24, 2.45) is 0 Å². The van der Waals surface area contributed by atoms with E-state index in [1.807, 2.05) is 26.0 Å². The Bertz CT molecular complexity index is 805. The quantitative estimate of drug-likeness (QED) is 0.880. The van der Waals surface area contributed by atoms with Crippen LogP contribution in [0.3, 0.4) is 0 Å². The van der Waals surface area contributed by atoms with Gasteiger partial charge in [-0.15, -0.1) is 12.4 Å². The number of aryl methyl sites for hydroxylation is 1. The first-order chi connectivity index (χ1) is 11.0. The molecule has 0 spiro atoms. The van der Waals surface area contributed by atoms with Crippen molar-refractivity contribution in [2.45, 2.75) is 37.6 Å². The number of pyridine rings is 1. The maximum Gasteiger partial charge on any atom is 0.245 e. The van der Waals surface area contributed by atoms with Crippen LogP contribution in [0, 0.1) is 6.92 Å². The number of halogens is 1. The van der Waals surface area contributed by atoms with Gasteiger partial charge >= 0.3 is 0 Å². The monoisotopic (exact) mass is 369 g/mol. The van der Waals surface area contributed by atoms with Crippen LogP contribution in [0.2, 0.25) is 0 Å². The van der Waals surface area contributed by atoms with E-state index in [-0.39, 0.29) is 18.4 Å². The highest BCUT2D eigenvalue weighted by Crippen LogP contribution is 2.27. The van der Waals surface area contributed by atoms with Crippen molar-refractivity contribution in [3.05, 3.63) is 36.0 Å². The Labute approximate surface area is 149 Å². The number of para-hydroxylation sites is 1. The van der Waals surface area contributed by atoms with E-state index in [1.54, 1.807) is 22.6 Å². The Morgan fingerprint density at radius 3 is 2.83 bits per heavy atom. The normalized spacial score (nSPS) is 18.0. The molecule has 5 nitrogen and oxygen atoms in total. The molecule has 132 valence electrons. The SMILES string of the molecule is CCCN(C1CCNC1)S(=O)(=O)c1cccc2cc(C)cnc12.Cl. The first-order valence-electron chi connectivity index (χ1n) is 8.12. The molecule has 1 aliphatic rings. The molecule has 0 bridgehead atoms. The maximum atomic E-state index is 13.3. The summed E-state index contributed by atoms with van der Waals surface area (Å²) < 4.78 is 28.2. The molecule has 0 aliphatic carbocycles. The Morgan fingerprint density at radius 1 is 1.38 bits per heavy atom. The Kier molecular flexibility index (Phi) is 6.20. The fourth-order valence-corrected chi connectivity index (χ4v) is 5.10. The molecule has 0 amide bonds. The van der Waals surface area contributed by atoms with Crippen LogP contribution < -0.4 is 5.32 Å². The van der Waals surface area contributed by atoms with Crippen LogP contribution in [0.25, 0.3) is 10.9 Å². The highest BCUT2D eigenvalue weighted by molar-refractivity contribution is 7.89. The number of fused-ring (bicyclic) bond motifs is 1. The summed E-state index contributed by atoms with van der Waals surface area (Å²) in [5, 5.41) is 4.13. The molecule has 1 N–H and O–H groups in total. The summed E-state index contributed by atoms with van der Waals surface area (Å²) in [5.74, 6) is 0. The number of benzene rings is 1. The van der Waals surface area contributed by atoms with Gasteiger partial charge in [0.2, 0.25) is 10.0 Å². The molecule has 1 unspecified atom stereocenters. The van der Waals surface area contributed by atoms with E-state index in [0.29, 0.717) is 17.0 Å². The molecular weight excluding hydrogens is 346 g/mol. The van der Waals surface area contributed by atoms with Gasteiger partial charge in [-0.25, -0.2) is 8.42 Å². The largest absolute Gasteiger partial charge is 0.315 e. The van der Waals surface area contributed by atoms with Gasteiger partial charge in [-0.3, -0.25) is 4.98 Å². The van der Waals surface area contributed by atoms with Crippen LogP contribution in [-0.4, -0.2) is 43.4 Å². The second-order valence-corrected chi connectivity index (χ2v) is 7.96. The maximum absolute atomic E-state index is 13.3. The zero-order valence-electron chi connectivity index (χ0n) is 14.0. The number of nitrogens with one attached hydrogen (secondary N) is 1. The van der Waals surface area contributed by atoms with Gasteiger partial charge in [-0.2, -0.15) is 4.31 Å². The average Bonchev–Trinajstić information content (AvgIpc) is 3.05. The van der Waals surface area contributed by atoms with Crippen LogP contribution >= 0.6 is 12.4 Å². The van der Waals surface area contributed by atoms with E-state index in [1.165, 1.54) is 0 Å². The second kappa shape index (κ2) is 7.78. The van der Waals surface area contributed by atoms with Crippen molar-refractivity contribution < 1.29 is 8.42 Å². The average molecular weight is 370 g/mol. The molecule has 2 heterocycles. The molecule has 1 saturated heterocycles. The zero-order chi connectivity index (χ0) is 16.4. The third-order valence-corrected chi connectivity index (χ3v) is 6.27. The van der Waals surface area contributed by atoms with E-state index < -0.39 is 10.0 Å². The molecule has 0 saturated carbocycles. The number of sulfonamides is 1. The zero-order valence-corrected chi connectivity index (χ0v) is 15.7. The summed E-state index contributed by atoms with van der Waals surface area (Å²) in [6.07, 6.45) is 3.38. The van der Waals surface area contributed by atoms with Gasteiger partial charge in [-0.1, -0.05) is 19.1 Å². The molecular formula is C17H24ClN3O2S. The fourth-order valence-electron chi connectivity index (χ4n) is 3.18.